The topological polar surface area (TPSA) is 55.3 Å². The van der Waals surface area contributed by atoms with Gasteiger partial charge in [0.2, 0.25) is 0 Å². The first-order chi connectivity index (χ1) is 13.8. The number of nitrogens with zero attached hydrogens (tertiary/aromatic N) is 3. The number of para-hydroxylation sites is 1. The first-order valence-corrected chi connectivity index (χ1v) is 10.5. The number of pyridine rings is 1. The van der Waals surface area contributed by atoms with Gasteiger partial charge >= 0.3 is 0 Å². The number of thiazole rings is 1. The largest absolute Gasteiger partial charge is 0.491 e. The van der Waals surface area contributed by atoms with Gasteiger partial charge in [-0.3, -0.25) is 9.88 Å². The van der Waals surface area contributed by atoms with Crippen LogP contribution in [-0.2, 0) is 4.79 Å². The number of likely N-dealkylation sites (tertiary alicyclic amines) is 1. The average molecular weight is 394 g/mol. The van der Waals surface area contributed by atoms with E-state index in [4.69, 9.17) is 9.72 Å². The predicted octanol–water partition coefficient (Wildman–Crippen LogP) is 4.38. The van der Waals surface area contributed by atoms with Gasteiger partial charge in [0.1, 0.15) is 29.7 Å². The van der Waals surface area contributed by atoms with Gasteiger partial charge in [-0.2, -0.15) is 0 Å². The summed E-state index contributed by atoms with van der Waals surface area (Å²) in [5.74, 6) is 0.789. The minimum absolute atomic E-state index is 0.156. The third-order valence-electron chi connectivity index (χ3n) is 5.07. The molecule has 4 rings (SSSR count). The van der Waals surface area contributed by atoms with Crippen molar-refractivity contribution in [1.29, 1.82) is 0 Å². The maximum Gasteiger partial charge on any atom is 0.140 e. The fourth-order valence-corrected chi connectivity index (χ4v) is 4.61. The number of rotatable bonds is 7. The SMILES string of the molecule is O=CC(COc1ccccc1)N1CCCCC1c1nc(-c2ccncc2)cs1. The molecule has 1 saturated heterocycles. The predicted molar refractivity (Wildman–Crippen MR) is 110 cm³/mol. The maximum atomic E-state index is 11.9. The second-order valence-electron chi connectivity index (χ2n) is 6.88. The summed E-state index contributed by atoms with van der Waals surface area (Å²) in [7, 11) is 0. The molecule has 2 aromatic heterocycles. The highest BCUT2D eigenvalue weighted by molar-refractivity contribution is 7.10. The Hall–Kier alpha value is -2.57. The van der Waals surface area contributed by atoms with Gasteiger partial charge in [-0.1, -0.05) is 24.6 Å². The summed E-state index contributed by atoms with van der Waals surface area (Å²) < 4.78 is 5.87. The van der Waals surface area contributed by atoms with Crippen LogP contribution >= 0.6 is 11.3 Å². The van der Waals surface area contributed by atoms with Gasteiger partial charge in [0, 0.05) is 23.3 Å². The van der Waals surface area contributed by atoms with E-state index in [1.54, 1.807) is 23.7 Å². The number of carbonyl (C=O) groups is 1. The van der Waals surface area contributed by atoms with Crippen molar-refractivity contribution in [3.05, 3.63) is 65.2 Å². The summed E-state index contributed by atoms with van der Waals surface area (Å²) in [6, 6.07) is 13.5. The molecular formula is C22H23N3O2S. The normalized spacial score (nSPS) is 18.5. The Balaban J connectivity index is 1.50. The Morgan fingerprint density at radius 3 is 2.79 bits per heavy atom. The van der Waals surface area contributed by atoms with Gasteiger partial charge in [0.25, 0.3) is 0 Å². The number of piperidine rings is 1. The number of ether oxygens (including phenoxy) is 1. The van der Waals surface area contributed by atoms with Gasteiger partial charge in [-0.15, -0.1) is 11.3 Å². The van der Waals surface area contributed by atoms with Crippen molar-refractivity contribution in [2.45, 2.75) is 31.3 Å². The Labute approximate surface area is 169 Å². The maximum absolute atomic E-state index is 11.9. The van der Waals surface area contributed by atoms with Crippen LogP contribution in [0.15, 0.2) is 60.2 Å². The quantitative estimate of drug-likeness (QED) is 0.558. The molecule has 1 aliphatic rings. The Morgan fingerprint density at radius 1 is 1.18 bits per heavy atom. The zero-order valence-corrected chi connectivity index (χ0v) is 16.4. The molecule has 2 atom stereocenters. The lowest BCUT2D eigenvalue weighted by molar-refractivity contribution is -0.115. The molecule has 1 aliphatic heterocycles. The molecule has 144 valence electrons. The highest BCUT2D eigenvalue weighted by atomic mass is 32.1. The fraction of sp³-hybridized carbons (Fsp3) is 0.318. The van der Waals surface area contributed by atoms with E-state index >= 15 is 0 Å². The molecule has 0 bridgehead atoms. The summed E-state index contributed by atoms with van der Waals surface area (Å²) in [6.45, 7) is 1.24. The summed E-state index contributed by atoms with van der Waals surface area (Å²) in [5.41, 5.74) is 2.04. The van der Waals surface area contributed by atoms with Crippen molar-refractivity contribution in [3.8, 4) is 17.0 Å². The van der Waals surface area contributed by atoms with Crippen molar-refractivity contribution in [2.24, 2.45) is 0 Å². The number of benzene rings is 1. The molecule has 0 saturated carbocycles. The number of carbonyl (C=O) groups excluding carboxylic acids is 1. The molecule has 1 fully saturated rings. The first kappa shape index (κ1) is 18.8. The van der Waals surface area contributed by atoms with Crippen LogP contribution in [0, 0.1) is 0 Å². The van der Waals surface area contributed by atoms with E-state index in [9.17, 15) is 4.79 Å². The van der Waals surface area contributed by atoms with Crippen LogP contribution in [0.2, 0.25) is 0 Å². The van der Waals surface area contributed by atoms with Crippen molar-refractivity contribution >= 4 is 17.6 Å². The smallest absolute Gasteiger partial charge is 0.140 e. The molecule has 3 aromatic rings. The molecule has 6 heteroatoms. The van der Waals surface area contributed by atoms with E-state index in [2.05, 4.69) is 15.3 Å². The fourth-order valence-electron chi connectivity index (χ4n) is 3.62. The van der Waals surface area contributed by atoms with Crippen molar-refractivity contribution in [2.75, 3.05) is 13.2 Å². The number of hydrogen-bond donors (Lipinski definition) is 0. The molecule has 0 radical (unpaired) electrons. The lowest BCUT2D eigenvalue weighted by atomic mass is 10.0. The third kappa shape index (κ3) is 4.29. The van der Waals surface area contributed by atoms with Crippen molar-refractivity contribution < 1.29 is 9.53 Å². The van der Waals surface area contributed by atoms with Crippen molar-refractivity contribution in [3.63, 3.8) is 0 Å². The Morgan fingerprint density at radius 2 is 2.00 bits per heavy atom. The van der Waals surface area contributed by atoms with Crippen LogP contribution in [0.3, 0.4) is 0 Å². The van der Waals surface area contributed by atoms with E-state index in [0.29, 0.717) is 6.61 Å². The minimum atomic E-state index is -0.279. The number of aldehydes is 1. The minimum Gasteiger partial charge on any atom is -0.491 e. The highest BCUT2D eigenvalue weighted by Crippen LogP contribution is 2.35. The molecular weight excluding hydrogens is 370 g/mol. The summed E-state index contributed by atoms with van der Waals surface area (Å²) in [6.07, 6.45) is 7.83. The number of hydrogen-bond acceptors (Lipinski definition) is 6. The van der Waals surface area contributed by atoms with E-state index in [1.165, 1.54) is 0 Å². The molecule has 5 nitrogen and oxygen atoms in total. The number of aromatic nitrogens is 2. The molecule has 0 aliphatic carbocycles. The van der Waals surface area contributed by atoms with E-state index in [0.717, 1.165) is 54.1 Å². The third-order valence-corrected chi connectivity index (χ3v) is 6.02. The molecule has 3 heterocycles. The van der Waals surface area contributed by atoms with Crippen LogP contribution < -0.4 is 4.74 Å². The van der Waals surface area contributed by atoms with E-state index in [-0.39, 0.29) is 12.1 Å². The molecule has 28 heavy (non-hydrogen) atoms. The van der Waals surface area contributed by atoms with E-state index in [1.807, 2.05) is 42.5 Å². The Kier molecular flexibility index (Phi) is 6.09. The zero-order valence-electron chi connectivity index (χ0n) is 15.6. The van der Waals surface area contributed by atoms with E-state index < -0.39 is 0 Å². The summed E-state index contributed by atoms with van der Waals surface area (Å²) in [4.78, 5) is 23.1. The van der Waals surface area contributed by atoms with Crippen LogP contribution in [0.1, 0.15) is 30.3 Å². The van der Waals surface area contributed by atoms with Gasteiger partial charge in [-0.25, -0.2) is 4.98 Å². The zero-order chi connectivity index (χ0) is 19.2. The molecule has 0 amide bonds. The lowest BCUT2D eigenvalue weighted by Gasteiger charge is -2.37. The van der Waals surface area contributed by atoms with Crippen molar-refractivity contribution in [1.82, 2.24) is 14.9 Å². The standard InChI is InChI=1S/C22H23N3O2S/c26-14-18(15-27-19-6-2-1-3-7-19)25-13-5-4-8-21(25)22-24-20(16-28-22)17-9-11-23-12-10-17/h1-3,6-7,9-12,14,16,18,21H,4-5,8,13,15H2. The first-order valence-electron chi connectivity index (χ1n) is 9.60. The van der Waals surface area contributed by atoms with Gasteiger partial charge < -0.3 is 9.53 Å². The Bertz CT molecular complexity index is 885. The van der Waals surface area contributed by atoms with Crippen LogP contribution in [0.25, 0.3) is 11.3 Å². The molecule has 0 spiro atoms. The second-order valence-corrected chi connectivity index (χ2v) is 7.77. The van der Waals surface area contributed by atoms with Crippen LogP contribution in [0.4, 0.5) is 0 Å². The monoisotopic (exact) mass is 393 g/mol. The molecule has 0 N–H and O–H groups in total. The van der Waals surface area contributed by atoms with Gasteiger partial charge in [-0.05, 0) is 43.7 Å². The summed E-state index contributed by atoms with van der Waals surface area (Å²) >= 11 is 1.67. The average Bonchev–Trinajstić information content (AvgIpc) is 3.26. The molecule has 2 unspecified atom stereocenters. The molecule has 1 aromatic carbocycles. The second kappa shape index (κ2) is 9.08. The lowest BCUT2D eigenvalue weighted by Crippen LogP contribution is -2.45. The highest BCUT2D eigenvalue weighted by Gasteiger charge is 2.32. The summed E-state index contributed by atoms with van der Waals surface area (Å²) in [5, 5.41) is 3.16. The van der Waals surface area contributed by atoms with Crippen LogP contribution in [-0.4, -0.2) is 40.3 Å². The van der Waals surface area contributed by atoms with Gasteiger partial charge in [0.05, 0.1) is 11.7 Å². The van der Waals surface area contributed by atoms with Gasteiger partial charge in [0.15, 0.2) is 0 Å². The van der Waals surface area contributed by atoms with Crippen LogP contribution in [0.5, 0.6) is 5.75 Å².